The molecule has 9 rings (SSSR count). The Kier molecular flexibility index (Phi) is 32.1. The molecule has 0 aromatic heterocycles. The van der Waals surface area contributed by atoms with Gasteiger partial charge in [-0.2, -0.15) is 0 Å². The lowest BCUT2D eigenvalue weighted by molar-refractivity contribution is -0.393. The highest BCUT2D eigenvalue weighted by atomic mass is 16.8. The van der Waals surface area contributed by atoms with Gasteiger partial charge in [-0.25, -0.2) is 0 Å². The third-order valence-corrected chi connectivity index (χ3v) is 19.9. The minimum Gasteiger partial charge on any atom is -0.394 e. The van der Waals surface area contributed by atoms with Crippen LogP contribution in [-0.4, -0.2) is 486 Å². The van der Waals surface area contributed by atoms with Crippen molar-refractivity contribution in [3.8, 4) is 0 Å². The van der Waals surface area contributed by atoms with E-state index in [0.717, 1.165) is 20.8 Å². The third-order valence-electron chi connectivity index (χ3n) is 19.9. The molecule has 9 aliphatic rings. The fourth-order valence-corrected chi connectivity index (χ4v) is 14.0. The quantitative estimate of drug-likeness (QED) is 0.0346. The number of rotatable bonds is 28. The lowest BCUT2D eigenvalue weighted by Gasteiger charge is -2.51. The molecule has 0 unspecified atom stereocenters. The molecule has 632 valence electrons. The van der Waals surface area contributed by atoms with Gasteiger partial charge in [0.15, 0.2) is 56.6 Å². The van der Waals surface area contributed by atoms with Gasteiger partial charge in [-0.15, -0.1) is 0 Å². The maximum atomic E-state index is 12.9. The van der Waals surface area contributed by atoms with Crippen molar-refractivity contribution in [1.29, 1.82) is 0 Å². The van der Waals surface area contributed by atoms with Gasteiger partial charge in [0.25, 0.3) is 0 Å². The van der Waals surface area contributed by atoms with Crippen LogP contribution in [0.4, 0.5) is 0 Å². The molecule has 0 radical (unpaired) electrons. The van der Waals surface area contributed by atoms with E-state index in [2.05, 4.69) is 16.0 Å². The smallest absolute Gasteiger partial charge is 0.217 e. The predicted octanol–water partition coefficient (Wildman–Crippen LogP) is -20.2. The topological polar surface area (TPSA) is 770 Å². The number of hydrogen-bond acceptors (Lipinski definition) is 46. The van der Waals surface area contributed by atoms with Crippen LogP contribution in [0.5, 0.6) is 0 Å². The van der Waals surface area contributed by atoms with E-state index >= 15 is 0 Å². The van der Waals surface area contributed by atoms with Gasteiger partial charge in [0.1, 0.15) is 220 Å². The van der Waals surface area contributed by atoms with Crippen LogP contribution >= 0.6 is 0 Å². The highest BCUT2D eigenvalue weighted by Gasteiger charge is 2.60. The second-order valence-corrected chi connectivity index (χ2v) is 27.5. The lowest BCUT2D eigenvalue weighted by Crippen LogP contribution is -2.70. The Morgan fingerprint density at radius 3 is 0.844 bits per heavy atom. The molecular weight excluding hydrogens is 1500 g/mol. The van der Waals surface area contributed by atoms with E-state index in [4.69, 9.17) is 80.5 Å². The number of aliphatic hydroxyl groups excluding tert-OH is 26. The van der Waals surface area contributed by atoms with E-state index in [-0.39, 0.29) is 0 Å². The monoisotopic (exact) mass is 1600 g/mol. The average molecular weight is 1600 g/mol. The summed E-state index contributed by atoms with van der Waals surface area (Å²) in [5.41, 5.74) is 0. The number of hydrogen-bond donors (Lipinski definition) is 29. The van der Waals surface area contributed by atoms with Gasteiger partial charge in [0.2, 0.25) is 17.7 Å². The van der Waals surface area contributed by atoms with Crippen LogP contribution in [0.15, 0.2) is 0 Å². The van der Waals surface area contributed by atoms with Gasteiger partial charge in [-0.3, -0.25) is 14.4 Å². The summed E-state index contributed by atoms with van der Waals surface area (Å²) in [6, 6.07) is -5.37. The Balaban J connectivity index is 1.01. The van der Waals surface area contributed by atoms with Crippen molar-refractivity contribution in [3.63, 3.8) is 0 Å². The molecule has 0 bridgehead atoms. The maximum Gasteiger partial charge on any atom is 0.217 e. The maximum absolute atomic E-state index is 12.9. The van der Waals surface area contributed by atoms with Crippen LogP contribution < -0.4 is 16.0 Å². The number of carbonyl (C=O) groups is 3. The summed E-state index contributed by atoms with van der Waals surface area (Å²) < 4.78 is 98.7. The number of ether oxygens (including phenoxy) is 17. The molecule has 0 aliphatic carbocycles. The summed E-state index contributed by atoms with van der Waals surface area (Å²) in [7, 11) is 0. The molecule has 0 aromatic rings. The van der Waals surface area contributed by atoms with Crippen molar-refractivity contribution in [2.45, 2.75) is 297 Å². The molecular formula is C60H101N3O46. The molecule has 0 aromatic carbocycles. The normalized spacial score (nSPS) is 50.0. The van der Waals surface area contributed by atoms with Crippen molar-refractivity contribution in [3.05, 3.63) is 0 Å². The van der Waals surface area contributed by atoms with Crippen molar-refractivity contribution in [1.82, 2.24) is 16.0 Å². The first-order valence-corrected chi connectivity index (χ1v) is 34.6. The lowest BCUT2D eigenvalue weighted by atomic mass is 9.93. The van der Waals surface area contributed by atoms with Crippen molar-refractivity contribution < 1.29 is 228 Å². The predicted molar refractivity (Wildman–Crippen MR) is 332 cm³/mol. The van der Waals surface area contributed by atoms with Crippen LogP contribution in [0.25, 0.3) is 0 Å². The Morgan fingerprint density at radius 2 is 0.477 bits per heavy atom. The molecule has 49 heteroatoms. The third kappa shape index (κ3) is 19.7. The van der Waals surface area contributed by atoms with Gasteiger partial charge in [0, 0.05) is 20.8 Å². The van der Waals surface area contributed by atoms with Crippen LogP contribution in [0, 0.1) is 0 Å². The molecule has 9 heterocycles. The van der Waals surface area contributed by atoms with Crippen LogP contribution in [0.1, 0.15) is 20.8 Å². The zero-order valence-electron chi connectivity index (χ0n) is 58.1. The zero-order valence-corrected chi connectivity index (χ0v) is 58.1. The molecule has 45 atom stereocenters. The summed E-state index contributed by atoms with van der Waals surface area (Å²) in [4.78, 5) is 37.7. The molecule has 0 spiro atoms. The minimum absolute atomic E-state index is 0.781. The first-order chi connectivity index (χ1) is 51.6. The van der Waals surface area contributed by atoms with Gasteiger partial charge in [-0.1, -0.05) is 0 Å². The van der Waals surface area contributed by atoms with E-state index < -0.39 is 353 Å². The first-order valence-electron chi connectivity index (χ1n) is 34.6. The average Bonchev–Trinajstić information content (AvgIpc) is 0.772. The van der Waals surface area contributed by atoms with Crippen LogP contribution in [0.3, 0.4) is 0 Å². The van der Waals surface area contributed by atoms with Crippen LogP contribution in [0.2, 0.25) is 0 Å². The fourth-order valence-electron chi connectivity index (χ4n) is 14.0. The number of nitrogens with one attached hydrogen (secondary N) is 3. The summed E-state index contributed by atoms with van der Waals surface area (Å²) in [5, 5.41) is 293. The minimum atomic E-state index is -2.52. The van der Waals surface area contributed by atoms with E-state index in [1.807, 2.05) is 0 Å². The standard InChI is InChI=1S/C60H101N3O46/c1-13(71)61-25-33(79)46(19(7-67)95-52(25)92)104-53-26(62-14(2)72)35(81)48(21(9-69)99-53)107-60-45(91)51(109-59-43(89)39(85)49(22(10-70)101-59)105-54-27(63-15(3)73)34(80)47(20(8-68)100-54)106-57-41(87)37(83)29(75)17(5-65)97-57)32(78)24(103-60)12-94-56-44(90)50(108-58-42(88)38(84)30(76)18(6-66)98-58)31(77)23(102-56)11-93-55-40(86)36(82)28(74)16(4-64)96-55/h16-60,64-70,74-92H,4-12H2,1-3H3,(H,61,71)(H,62,72)(H,63,73)/t16-,17-,18-,19-,20-,21-,22-,23-,24-,25-,26-,27-,28-,29+,30-,31-,32-,33-,34-,35-,36+,37+,38+,39-,40+,41-,42+,43+,44+,45+,46-,47-,48-,49-,50+,51+,52-,53+,54+,55+,56+,57+,58-,59-,60+/m1/s1. The SMILES string of the molecule is CC(=O)N[C@@H]1[C@@H](O)[C@H](O[C@@H]2O[C@H](CO)[C@@H](O[C@@H]3O[C@H](CO[C@H]4O[C@H](CO[C@H]5O[C@H](CO)[C@@H](O)[C@H](O)[C@@H]5O)[C@@H](O)[C@H](O[C@H]5O[C@H](CO)[C@@H](O)[C@H](O)[C@@H]5O)[C@@H]4O)[C@@H](O)[C@H](O[C@H]4O[C@H](CO)[C@@H](O[C@@H]5O[C@H](CO)[C@@H](O[C@@H]6O[C@H](CO)[C@H](O)[C@H](O)[C@H]6O)[C@H](O)[C@H]5NC(C)=O)[C@H](O)[C@@H]4O)[C@@H]3O)[C@H](O)[C@H]2NC(C)=O)[C@@H](CO)O[C@H]1O. The van der Waals surface area contributed by atoms with Crippen molar-refractivity contribution >= 4 is 17.7 Å². The molecule has 9 saturated heterocycles. The van der Waals surface area contributed by atoms with Gasteiger partial charge in [-0.05, 0) is 0 Å². The first kappa shape index (κ1) is 89.6. The highest BCUT2D eigenvalue weighted by Crippen LogP contribution is 2.39. The Labute approximate surface area is 616 Å². The van der Waals surface area contributed by atoms with E-state index in [1.54, 1.807) is 0 Å². The molecule has 9 fully saturated rings. The Hall–Kier alpha value is -3.31. The largest absolute Gasteiger partial charge is 0.394 e. The highest BCUT2D eigenvalue weighted by molar-refractivity contribution is 5.74. The molecule has 3 amide bonds. The molecule has 29 N–H and O–H groups in total. The molecule has 0 saturated carbocycles. The van der Waals surface area contributed by atoms with Gasteiger partial charge >= 0.3 is 0 Å². The number of aliphatic hydroxyl groups is 26. The van der Waals surface area contributed by atoms with Crippen LogP contribution in [-0.2, 0) is 94.9 Å². The number of carbonyl (C=O) groups excluding carboxylic acids is 3. The van der Waals surface area contributed by atoms with Crippen molar-refractivity contribution in [2.75, 3.05) is 59.5 Å². The summed E-state index contributed by atoms with van der Waals surface area (Å²) in [6.45, 7) is -6.56. The van der Waals surface area contributed by atoms with Gasteiger partial charge in [0.05, 0.1) is 59.5 Å². The summed E-state index contributed by atoms with van der Waals surface area (Å²) >= 11 is 0. The Morgan fingerprint density at radius 1 is 0.239 bits per heavy atom. The second kappa shape index (κ2) is 39.1. The van der Waals surface area contributed by atoms with Gasteiger partial charge < -0.3 is 229 Å². The second-order valence-electron chi connectivity index (χ2n) is 27.5. The Bertz CT molecular complexity index is 2840. The van der Waals surface area contributed by atoms with E-state index in [9.17, 15) is 147 Å². The fraction of sp³-hybridized carbons (Fsp3) is 0.950. The zero-order chi connectivity index (χ0) is 80.2. The number of amides is 3. The summed E-state index contributed by atoms with van der Waals surface area (Å²) in [5.74, 6) is -2.61. The van der Waals surface area contributed by atoms with E-state index in [1.165, 1.54) is 0 Å². The van der Waals surface area contributed by atoms with Crippen molar-refractivity contribution in [2.24, 2.45) is 0 Å². The molecule has 109 heavy (non-hydrogen) atoms. The van der Waals surface area contributed by atoms with E-state index in [0.29, 0.717) is 0 Å². The molecule has 49 nitrogen and oxygen atoms in total. The summed E-state index contributed by atoms with van der Waals surface area (Å²) in [6.07, 6.45) is -86.2. The molecule has 9 aliphatic heterocycles.